The van der Waals surface area contributed by atoms with Crippen LogP contribution in [0.3, 0.4) is 0 Å². The SMILES string of the molecule is N#Cc1ccc(N2CCCN(C(=O)[C@H]3C[C@H]4CC[C@H]3O4)CC2)cc1. The summed E-state index contributed by atoms with van der Waals surface area (Å²) in [5.74, 6) is 0.383. The van der Waals surface area contributed by atoms with Crippen LogP contribution in [0.4, 0.5) is 5.69 Å². The first-order chi connectivity index (χ1) is 11.7. The molecule has 3 saturated heterocycles. The number of carbonyl (C=O) groups excluding carboxylic acids is 1. The molecule has 24 heavy (non-hydrogen) atoms. The van der Waals surface area contributed by atoms with Crippen LogP contribution in [-0.4, -0.2) is 49.2 Å². The van der Waals surface area contributed by atoms with Gasteiger partial charge in [-0.1, -0.05) is 0 Å². The van der Waals surface area contributed by atoms with Gasteiger partial charge in [0.1, 0.15) is 0 Å². The fourth-order valence-electron chi connectivity index (χ4n) is 4.28. The van der Waals surface area contributed by atoms with Gasteiger partial charge in [0.2, 0.25) is 5.91 Å². The number of benzene rings is 1. The van der Waals surface area contributed by atoms with Crippen molar-refractivity contribution in [1.29, 1.82) is 5.26 Å². The zero-order chi connectivity index (χ0) is 16.5. The molecule has 1 amide bonds. The minimum Gasteiger partial charge on any atom is -0.374 e. The summed E-state index contributed by atoms with van der Waals surface area (Å²) in [5.41, 5.74) is 1.81. The van der Waals surface area contributed by atoms with E-state index in [0.29, 0.717) is 17.6 Å². The quantitative estimate of drug-likeness (QED) is 0.836. The highest BCUT2D eigenvalue weighted by atomic mass is 16.5. The Balaban J connectivity index is 1.39. The van der Waals surface area contributed by atoms with Gasteiger partial charge in [-0.05, 0) is 49.9 Å². The summed E-state index contributed by atoms with van der Waals surface area (Å²) in [5, 5.41) is 8.91. The average Bonchev–Trinajstić information content (AvgIpc) is 3.17. The molecule has 0 saturated carbocycles. The molecule has 3 aliphatic heterocycles. The van der Waals surface area contributed by atoms with E-state index in [2.05, 4.69) is 11.0 Å². The van der Waals surface area contributed by atoms with E-state index >= 15 is 0 Å². The van der Waals surface area contributed by atoms with Gasteiger partial charge in [-0.2, -0.15) is 5.26 Å². The smallest absolute Gasteiger partial charge is 0.228 e. The third-order valence-corrected chi connectivity index (χ3v) is 5.59. The lowest BCUT2D eigenvalue weighted by molar-refractivity contribution is -0.136. The summed E-state index contributed by atoms with van der Waals surface area (Å²) >= 11 is 0. The van der Waals surface area contributed by atoms with Crippen LogP contribution < -0.4 is 4.90 Å². The summed E-state index contributed by atoms with van der Waals surface area (Å²) < 4.78 is 5.86. The maximum Gasteiger partial charge on any atom is 0.228 e. The lowest BCUT2D eigenvalue weighted by Crippen LogP contribution is -2.42. The second kappa shape index (κ2) is 6.45. The van der Waals surface area contributed by atoms with Crippen LogP contribution in [0.5, 0.6) is 0 Å². The molecule has 0 aliphatic carbocycles. The number of hydrogen-bond donors (Lipinski definition) is 0. The first kappa shape index (κ1) is 15.5. The molecule has 1 aromatic rings. The number of amides is 1. The Labute approximate surface area is 142 Å². The van der Waals surface area contributed by atoms with Crippen molar-refractivity contribution in [3.8, 4) is 6.07 Å². The van der Waals surface area contributed by atoms with Crippen LogP contribution in [-0.2, 0) is 9.53 Å². The van der Waals surface area contributed by atoms with Gasteiger partial charge in [0.25, 0.3) is 0 Å². The second-order valence-corrected chi connectivity index (χ2v) is 7.04. The zero-order valence-electron chi connectivity index (χ0n) is 13.9. The molecular weight excluding hydrogens is 302 g/mol. The number of fused-ring (bicyclic) bond motifs is 2. The van der Waals surface area contributed by atoms with E-state index in [-0.39, 0.29) is 12.0 Å². The van der Waals surface area contributed by atoms with Crippen LogP contribution in [0.2, 0.25) is 0 Å². The van der Waals surface area contributed by atoms with E-state index in [4.69, 9.17) is 10.00 Å². The minimum absolute atomic E-state index is 0.0882. The maximum atomic E-state index is 12.9. The lowest BCUT2D eigenvalue weighted by Gasteiger charge is -2.27. The van der Waals surface area contributed by atoms with Gasteiger partial charge in [0, 0.05) is 31.9 Å². The van der Waals surface area contributed by atoms with E-state index in [0.717, 1.165) is 57.5 Å². The normalized spacial score (nSPS) is 29.4. The number of carbonyl (C=O) groups is 1. The predicted molar refractivity (Wildman–Crippen MR) is 90.6 cm³/mol. The third kappa shape index (κ3) is 2.87. The summed E-state index contributed by atoms with van der Waals surface area (Å²) in [7, 11) is 0. The largest absolute Gasteiger partial charge is 0.374 e. The van der Waals surface area contributed by atoms with Crippen molar-refractivity contribution in [2.45, 2.75) is 37.9 Å². The van der Waals surface area contributed by atoms with Crippen molar-refractivity contribution in [2.75, 3.05) is 31.1 Å². The molecule has 0 N–H and O–H groups in total. The first-order valence-corrected chi connectivity index (χ1v) is 8.94. The Morgan fingerprint density at radius 2 is 1.96 bits per heavy atom. The van der Waals surface area contributed by atoms with Gasteiger partial charge >= 0.3 is 0 Å². The molecule has 2 bridgehead atoms. The number of anilines is 1. The van der Waals surface area contributed by atoms with Crippen LogP contribution in [0, 0.1) is 17.2 Å². The van der Waals surface area contributed by atoms with E-state index in [9.17, 15) is 4.79 Å². The summed E-state index contributed by atoms with van der Waals surface area (Å²) in [6, 6.07) is 9.87. The van der Waals surface area contributed by atoms with Crippen molar-refractivity contribution in [3.05, 3.63) is 29.8 Å². The van der Waals surface area contributed by atoms with Crippen LogP contribution in [0.25, 0.3) is 0 Å². The van der Waals surface area contributed by atoms with Crippen LogP contribution >= 0.6 is 0 Å². The average molecular weight is 325 g/mol. The Morgan fingerprint density at radius 3 is 2.62 bits per heavy atom. The van der Waals surface area contributed by atoms with Gasteiger partial charge in [-0.15, -0.1) is 0 Å². The van der Waals surface area contributed by atoms with Crippen molar-refractivity contribution < 1.29 is 9.53 Å². The highest BCUT2D eigenvalue weighted by Crippen LogP contribution is 2.39. The number of nitriles is 1. The molecule has 0 spiro atoms. The molecule has 5 heteroatoms. The Kier molecular flexibility index (Phi) is 4.15. The first-order valence-electron chi connectivity index (χ1n) is 8.94. The van der Waals surface area contributed by atoms with Crippen LogP contribution in [0.15, 0.2) is 24.3 Å². The monoisotopic (exact) mass is 325 g/mol. The molecule has 3 fully saturated rings. The van der Waals surface area contributed by atoms with Gasteiger partial charge < -0.3 is 14.5 Å². The van der Waals surface area contributed by atoms with Gasteiger partial charge in [-0.3, -0.25) is 4.79 Å². The molecule has 0 aromatic heterocycles. The molecule has 4 rings (SSSR count). The zero-order valence-corrected chi connectivity index (χ0v) is 13.9. The Hall–Kier alpha value is -2.06. The molecule has 3 atom stereocenters. The predicted octanol–water partition coefficient (Wildman–Crippen LogP) is 2.16. The third-order valence-electron chi connectivity index (χ3n) is 5.59. The fraction of sp³-hybridized carbons (Fsp3) is 0.579. The van der Waals surface area contributed by atoms with E-state index in [1.807, 2.05) is 29.2 Å². The summed E-state index contributed by atoms with van der Waals surface area (Å²) in [6.45, 7) is 3.40. The number of ether oxygens (including phenoxy) is 1. The molecule has 0 unspecified atom stereocenters. The molecule has 5 nitrogen and oxygen atoms in total. The number of nitrogens with zero attached hydrogens (tertiary/aromatic N) is 3. The molecule has 1 aromatic carbocycles. The van der Waals surface area contributed by atoms with Crippen molar-refractivity contribution >= 4 is 11.6 Å². The molecular formula is C19H23N3O2. The van der Waals surface area contributed by atoms with E-state index < -0.39 is 0 Å². The van der Waals surface area contributed by atoms with Gasteiger partial charge in [0.05, 0.1) is 29.8 Å². The van der Waals surface area contributed by atoms with Crippen molar-refractivity contribution in [1.82, 2.24) is 4.90 Å². The fourth-order valence-corrected chi connectivity index (χ4v) is 4.28. The Bertz CT molecular complexity index is 652. The molecule has 126 valence electrons. The number of hydrogen-bond acceptors (Lipinski definition) is 4. The van der Waals surface area contributed by atoms with Gasteiger partial charge in [0.15, 0.2) is 0 Å². The maximum absolute atomic E-state index is 12.9. The summed E-state index contributed by atoms with van der Waals surface area (Å²) in [6.07, 6.45) is 4.56. The standard InChI is InChI=1S/C19H23N3O2/c20-13-14-2-4-15(5-3-14)21-8-1-9-22(11-10-21)19(23)17-12-16-6-7-18(17)24-16/h2-5,16-18H,1,6-12H2/t16-,17+,18-/m1/s1. The van der Waals surface area contributed by atoms with E-state index in [1.54, 1.807) is 0 Å². The minimum atomic E-state index is 0.0882. The molecule has 0 radical (unpaired) electrons. The van der Waals surface area contributed by atoms with Crippen molar-refractivity contribution in [3.63, 3.8) is 0 Å². The summed E-state index contributed by atoms with van der Waals surface area (Å²) in [4.78, 5) is 17.2. The van der Waals surface area contributed by atoms with Crippen LogP contribution in [0.1, 0.15) is 31.2 Å². The van der Waals surface area contributed by atoms with E-state index in [1.165, 1.54) is 0 Å². The lowest BCUT2D eigenvalue weighted by atomic mass is 9.88. The number of rotatable bonds is 2. The highest BCUT2D eigenvalue weighted by Gasteiger charge is 2.45. The topological polar surface area (TPSA) is 56.6 Å². The molecule has 3 heterocycles. The van der Waals surface area contributed by atoms with Crippen molar-refractivity contribution in [2.24, 2.45) is 5.92 Å². The highest BCUT2D eigenvalue weighted by molar-refractivity contribution is 5.80. The molecule has 3 aliphatic rings. The Morgan fingerprint density at radius 1 is 1.12 bits per heavy atom. The second-order valence-electron chi connectivity index (χ2n) is 7.04. The van der Waals surface area contributed by atoms with Gasteiger partial charge in [-0.25, -0.2) is 0 Å².